The molecule has 0 radical (unpaired) electrons. The monoisotopic (exact) mass is 399 g/mol. The third kappa shape index (κ3) is 5.32. The zero-order chi connectivity index (χ0) is 20.8. The van der Waals surface area contributed by atoms with Crippen LogP contribution in [0.15, 0.2) is 48.5 Å². The normalized spacial score (nSPS) is 13.4. The fourth-order valence-corrected chi connectivity index (χ4v) is 3.03. The van der Waals surface area contributed by atoms with Gasteiger partial charge in [-0.15, -0.1) is 0 Å². The summed E-state index contributed by atoms with van der Waals surface area (Å²) in [6.45, 7) is 1.06. The van der Waals surface area contributed by atoms with E-state index in [1.54, 1.807) is 35.2 Å². The Balaban J connectivity index is 1.57. The molecule has 1 heterocycles. The molecule has 2 aromatic carbocycles. The van der Waals surface area contributed by atoms with Gasteiger partial charge in [0.2, 0.25) is 0 Å². The first kappa shape index (κ1) is 20.3. The maximum absolute atomic E-state index is 12.9. The number of fused-ring (bicyclic) bond motifs is 1. The zero-order valence-electron chi connectivity index (χ0n) is 15.8. The Kier molecular flexibility index (Phi) is 6.46. The molecule has 0 aromatic heterocycles. The lowest BCUT2D eigenvalue weighted by atomic mass is 9.98. The number of hydrogen-bond donors (Lipinski definition) is 2. The molecule has 0 saturated heterocycles. The van der Waals surface area contributed by atoms with Crippen LogP contribution in [0.1, 0.15) is 21.5 Å². The number of amides is 3. The summed E-state index contributed by atoms with van der Waals surface area (Å²) in [5, 5.41) is 9.60. The molecule has 2 aromatic rings. The Bertz CT molecular complexity index is 915. The molecular weight excluding hydrogens is 377 g/mol. The molecule has 0 spiro atoms. The van der Waals surface area contributed by atoms with Gasteiger partial charge in [0, 0.05) is 18.7 Å². The van der Waals surface area contributed by atoms with E-state index in [-0.39, 0.29) is 24.9 Å². The van der Waals surface area contributed by atoms with Crippen molar-refractivity contribution >= 4 is 18.0 Å². The number of halogens is 1. The number of carbonyl (C=O) groups is 2. The van der Waals surface area contributed by atoms with Crippen LogP contribution in [0.25, 0.3) is 6.08 Å². The number of rotatable bonds is 7. The average Bonchev–Trinajstić information content (AvgIpc) is 2.71. The van der Waals surface area contributed by atoms with Crippen LogP contribution in [0, 0.1) is 5.82 Å². The highest BCUT2D eigenvalue weighted by atomic mass is 19.1. The fourth-order valence-electron chi connectivity index (χ4n) is 3.03. The van der Waals surface area contributed by atoms with Gasteiger partial charge in [-0.05, 0) is 47.9 Å². The number of nitrogens with two attached hydrogens (primary N) is 1. The number of urea groups is 1. The van der Waals surface area contributed by atoms with Crippen LogP contribution in [0.5, 0.6) is 5.75 Å². The lowest BCUT2D eigenvalue weighted by molar-refractivity contribution is -0.0464. The number of ether oxygens (including phenoxy) is 1. The number of primary amides is 1. The highest BCUT2D eigenvalue weighted by molar-refractivity contribution is 5.97. The van der Waals surface area contributed by atoms with Crippen molar-refractivity contribution in [2.45, 2.75) is 6.42 Å². The van der Waals surface area contributed by atoms with E-state index in [4.69, 9.17) is 10.5 Å². The lowest BCUT2D eigenvalue weighted by Crippen LogP contribution is -2.37. The molecule has 0 saturated carbocycles. The predicted octanol–water partition coefficient (Wildman–Crippen LogP) is 2.69. The van der Waals surface area contributed by atoms with Gasteiger partial charge in [-0.3, -0.25) is 10.0 Å². The van der Waals surface area contributed by atoms with Gasteiger partial charge in [0.15, 0.2) is 0 Å². The van der Waals surface area contributed by atoms with E-state index in [1.165, 1.54) is 12.1 Å². The smallest absolute Gasteiger partial charge is 0.338 e. The summed E-state index contributed by atoms with van der Waals surface area (Å²) in [5.41, 5.74) is 7.31. The van der Waals surface area contributed by atoms with Gasteiger partial charge < -0.3 is 15.4 Å². The molecule has 29 heavy (non-hydrogen) atoms. The SMILES string of the molecule is NC(=O)N(O)CCOc1ccc2c(c1)CCN(CC=Cc1ccc(F)cc1)C2=O. The van der Waals surface area contributed by atoms with Crippen LogP contribution in [-0.2, 0) is 6.42 Å². The third-order valence-electron chi connectivity index (χ3n) is 4.58. The Hall–Kier alpha value is -3.39. The van der Waals surface area contributed by atoms with Gasteiger partial charge in [0.1, 0.15) is 18.2 Å². The Morgan fingerprint density at radius 1 is 1.28 bits per heavy atom. The summed E-state index contributed by atoms with van der Waals surface area (Å²) in [7, 11) is 0. The number of hydroxylamine groups is 2. The van der Waals surface area contributed by atoms with Crippen molar-refractivity contribution < 1.29 is 23.9 Å². The number of hydrogen-bond acceptors (Lipinski definition) is 4. The first-order valence-corrected chi connectivity index (χ1v) is 9.17. The minimum atomic E-state index is -0.946. The van der Waals surface area contributed by atoms with Crippen molar-refractivity contribution in [3.05, 3.63) is 71.0 Å². The Morgan fingerprint density at radius 2 is 2.03 bits per heavy atom. The van der Waals surface area contributed by atoms with Crippen LogP contribution >= 0.6 is 0 Å². The standard InChI is InChI=1S/C21H22FN3O4/c22-17-5-3-15(4-6-17)2-1-10-24-11-9-16-14-18(7-8-19(16)20(24)26)29-13-12-25(28)21(23)27/h1-8,14,28H,9-13H2,(H2,23,27). The quantitative estimate of drug-likeness (QED) is 0.553. The van der Waals surface area contributed by atoms with Crippen molar-refractivity contribution in [1.29, 1.82) is 0 Å². The molecule has 7 nitrogen and oxygen atoms in total. The van der Waals surface area contributed by atoms with E-state index in [0.29, 0.717) is 35.9 Å². The van der Waals surface area contributed by atoms with Crippen LogP contribution in [0.4, 0.5) is 9.18 Å². The number of carbonyl (C=O) groups excluding carboxylic acids is 2. The second-order valence-corrected chi connectivity index (χ2v) is 6.58. The summed E-state index contributed by atoms with van der Waals surface area (Å²) in [6, 6.07) is 10.4. The van der Waals surface area contributed by atoms with Crippen molar-refractivity contribution in [2.24, 2.45) is 5.73 Å². The average molecular weight is 399 g/mol. The summed E-state index contributed by atoms with van der Waals surface area (Å²) in [6.07, 6.45) is 4.43. The maximum atomic E-state index is 12.9. The minimum Gasteiger partial charge on any atom is -0.492 e. The van der Waals surface area contributed by atoms with Gasteiger partial charge in [0.25, 0.3) is 5.91 Å². The molecule has 0 bridgehead atoms. The highest BCUT2D eigenvalue weighted by Gasteiger charge is 2.23. The molecule has 0 atom stereocenters. The number of nitrogens with zero attached hydrogens (tertiary/aromatic N) is 2. The second kappa shape index (κ2) is 9.20. The minimum absolute atomic E-state index is 0.0560. The topological polar surface area (TPSA) is 96.1 Å². The molecule has 3 rings (SSSR count). The Labute approximate surface area is 167 Å². The van der Waals surface area contributed by atoms with Crippen LogP contribution < -0.4 is 10.5 Å². The van der Waals surface area contributed by atoms with Crippen molar-refractivity contribution in [3.63, 3.8) is 0 Å². The summed E-state index contributed by atoms with van der Waals surface area (Å²) < 4.78 is 18.4. The first-order chi connectivity index (χ1) is 13.9. The van der Waals surface area contributed by atoms with Gasteiger partial charge in [0.05, 0.1) is 6.54 Å². The first-order valence-electron chi connectivity index (χ1n) is 9.17. The summed E-state index contributed by atoms with van der Waals surface area (Å²) >= 11 is 0. The van der Waals surface area contributed by atoms with Gasteiger partial charge in [-0.1, -0.05) is 24.3 Å². The van der Waals surface area contributed by atoms with Crippen LogP contribution in [-0.4, -0.2) is 53.3 Å². The fraction of sp³-hybridized carbons (Fsp3) is 0.238. The van der Waals surface area contributed by atoms with Gasteiger partial charge in [-0.25, -0.2) is 14.2 Å². The van der Waals surface area contributed by atoms with Crippen molar-refractivity contribution in [2.75, 3.05) is 26.2 Å². The molecule has 3 amide bonds. The van der Waals surface area contributed by atoms with E-state index >= 15 is 0 Å². The summed E-state index contributed by atoms with van der Waals surface area (Å²) in [5.74, 6) is 0.214. The lowest BCUT2D eigenvalue weighted by Gasteiger charge is -2.28. The molecular formula is C21H22FN3O4. The summed E-state index contributed by atoms with van der Waals surface area (Å²) in [4.78, 5) is 25.2. The van der Waals surface area contributed by atoms with Crippen LogP contribution in [0.3, 0.4) is 0 Å². The zero-order valence-corrected chi connectivity index (χ0v) is 15.8. The molecule has 1 aliphatic rings. The molecule has 0 unspecified atom stereocenters. The predicted molar refractivity (Wildman–Crippen MR) is 105 cm³/mol. The largest absolute Gasteiger partial charge is 0.492 e. The van der Waals surface area contributed by atoms with Crippen LogP contribution in [0.2, 0.25) is 0 Å². The van der Waals surface area contributed by atoms with E-state index in [9.17, 15) is 19.2 Å². The molecule has 0 aliphatic carbocycles. The molecule has 1 aliphatic heterocycles. The van der Waals surface area contributed by atoms with E-state index in [0.717, 1.165) is 11.1 Å². The third-order valence-corrected chi connectivity index (χ3v) is 4.58. The highest BCUT2D eigenvalue weighted by Crippen LogP contribution is 2.24. The van der Waals surface area contributed by atoms with E-state index < -0.39 is 6.03 Å². The molecule has 8 heteroatoms. The Morgan fingerprint density at radius 3 is 2.76 bits per heavy atom. The number of benzene rings is 2. The molecule has 152 valence electrons. The van der Waals surface area contributed by atoms with Gasteiger partial charge >= 0.3 is 6.03 Å². The second-order valence-electron chi connectivity index (χ2n) is 6.58. The van der Waals surface area contributed by atoms with E-state index in [2.05, 4.69) is 0 Å². The van der Waals surface area contributed by atoms with E-state index in [1.807, 2.05) is 12.2 Å². The molecule has 3 N–H and O–H groups in total. The van der Waals surface area contributed by atoms with Gasteiger partial charge in [-0.2, -0.15) is 0 Å². The van der Waals surface area contributed by atoms with Crippen molar-refractivity contribution in [1.82, 2.24) is 9.96 Å². The van der Waals surface area contributed by atoms with Crippen molar-refractivity contribution in [3.8, 4) is 5.75 Å². The maximum Gasteiger partial charge on any atom is 0.338 e. The molecule has 0 fully saturated rings.